The quantitative estimate of drug-likeness (QED) is 0.874. The molecular formula is C21H31N3O2. The van der Waals surface area contributed by atoms with Crippen molar-refractivity contribution in [3.05, 3.63) is 35.4 Å². The molecule has 2 saturated heterocycles. The van der Waals surface area contributed by atoms with Crippen LogP contribution >= 0.6 is 0 Å². The van der Waals surface area contributed by atoms with Gasteiger partial charge in [0.1, 0.15) is 0 Å². The fourth-order valence-electron chi connectivity index (χ4n) is 3.98. The molecule has 26 heavy (non-hydrogen) atoms. The van der Waals surface area contributed by atoms with Gasteiger partial charge >= 0.3 is 0 Å². The highest BCUT2D eigenvalue weighted by Gasteiger charge is 2.30. The molecule has 2 aliphatic rings. The Hall–Kier alpha value is -1.88. The van der Waals surface area contributed by atoms with Crippen LogP contribution in [0.1, 0.15) is 67.2 Å². The van der Waals surface area contributed by atoms with Gasteiger partial charge in [-0.25, -0.2) is 0 Å². The van der Waals surface area contributed by atoms with Gasteiger partial charge in [-0.05, 0) is 83.2 Å². The Morgan fingerprint density at radius 2 is 1.65 bits per heavy atom. The summed E-state index contributed by atoms with van der Waals surface area (Å²) in [5, 5.41) is 6.53. The zero-order valence-electron chi connectivity index (χ0n) is 16.2. The maximum Gasteiger partial charge on any atom is 0.253 e. The molecule has 2 N–H and O–H groups in total. The lowest BCUT2D eigenvalue weighted by molar-refractivity contribution is 0.0674. The zero-order chi connectivity index (χ0) is 18.7. The monoisotopic (exact) mass is 357 g/mol. The number of carbonyl (C=O) groups excluding carboxylic acids is 2. The third-order valence-corrected chi connectivity index (χ3v) is 5.38. The van der Waals surface area contributed by atoms with Gasteiger partial charge in [-0.2, -0.15) is 0 Å². The minimum Gasteiger partial charge on any atom is -0.347 e. The summed E-state index contributed by atoms with van der Waals surface area (Å²) in [5.74, 6) is 0.664. The molecule has 142 valence electrons. The van der Waals surface area contributed by atoms with Crippen molar-refractivity contribution in [2.24, 2.45) is 5.92 Å². The van der Waals surface area contributed by atoms with Crippen LogP contribution in [0.3, 0.4) is 0 Å². The van der Waals surface area contributed by atoms with Crippen molar-refractivity contribution < 1.29 is 9.59 Å². The third-order valence-electron chi connectivity index (χ3n) is 5.38. The Labute approximate surface area is 156 Å². The second kappa shape index (κ2) is 7.78. The molecule has 1 unspecified atom stereocenters. The first-order chi connectivity index (χ1) is 12.3. The molecule has 5 nitrogen and oxygen atoms in total. The van der Waals surface area contributed by atoms with Gasteiger partial charge in [0, 0.05) is 35.8 Å². The van der Waals surface area contributed by atoms with E-state index in [1.54, 1.807) is 24.3 Å². The van der Waals surface area contributed by atoms with Crippen LogP contribution in [0.5, 0.6) is 0 Å². The van der Waals surface area contributed by atoms with Gasteiger partial charge in [-0.3, -0.25) is 9.59 Å². The molecule has 2 fully saturated rings. The zero-order valence-corrected chi connectivity index (χ0v) is 16.2. The minimum atomic E-state index is -0.274. The fraction of sp³-hybridized carbons (Fsp3) is 0.619. The summed E-state index contributed by atoms with van der Waals surface area (Å²) < 4.78 is 0. The summed E-state index contributed by atoms with van der Waals surface area (Å²) in [6.45, 7) is 8.65. The average molecular weight is 357 g/mol. The highest BCUT2D eigenvalue weighted by molar-refractivity contribution is 5.98. The normalized spacial score (nSPS) is 21.7. The molecule has 2 amide bonds. The van der Waals surface area contributed by atoms with Gasteiger partial charge in [0.2, 0.25) is 0 Å². The van der Waals surface area contributed by atoms with Gasteiger partial charge in [-0.15, -0.1) is 0 Å². The molecular weight excluding hydrogens is 326 g/mol. The largest absolute Gasteiger partial charge is 0.347 e. The number of benzene rings is 1. The van der Waals surface area contributed by atoms with Gasteiger partial charge in [0.05, 0.1) is 0 Å². The first-order valence-corrected chi connectivity index (χ1v) is 9.79. The number of likely N-dealkylation sites (tertiary alicyclic amines) is 1. The van der Waals surface area contributed by atoms with Crippen molar-refractivity contribution >= 4 is 11.8 Å². The maximum atomic E-state index is 12.7. The van der Waals surface area contributed by atoms with E-state index in [2.05, 4.69) is 10.6 Å². The molecule has 1 aromatic carbocycles. The van der Waals surface area contributed by atoms with E-state index in [-0.39, 0.29) is 17.4 Å². The van der Waals surface area contributed by atoms with Crippen LogP contribution in [0.15, 0.2) is 24.3 Å². The second-order valence-electron chi connectivity index (χ2n) is 8.61. The molecule has 1 aromatic rings. The molecule has 5 heteroatoms. The summed E-state index contributed by atoms with van der Waals surface area (Å²) in [7, 11) is 0. The minimum absolute atomic E-state index is 0.0746. The van der Waals surface area contributed by atoms with E-state index in [4.69, 9.17) is 0 Å². The van der Waals surface area contributed by atoms with Crippen molar-refractivity contribution in [2.75, 3.05) is 19.6 Å². The van der Waals surface area contributed by atoms with E-state index < -0.39 is 0 Å². The highest BCUT2D eigenvalue weighted by atomic mass is 16.2. The van der Waals surface area contributed by atoms with Crippen molar-refractivity contribution in [1.29, 1.82) is 0 Å². The van der Waals surface area contributed by atoms with Crippen LogP contribution in [-0.2, 0) is 0 Å². The van der Waals surface area contributed by atoms with Crippen LogP contribution in [0.25, 0.3) is 0 Å². The van der Waals surface area contributed by atoms with E-state index in [1.807, 2.05) is 25.7 Å². The van der Waals surface area contributed by atoms with E-state index in [0.29, 0.717) is 23.1 Å². The molecule has 0 aromatic heterocycles. The molecule has 0 spiro atoms. The lowest BCUT2D eigenvalue weighted by Gasteiger charge is -2.35. The smallest absolute Gasteiger partial charge is 0.253 e. The van der Waals surface area contributed by atoms with Crippen LogP contribution in [0, 0.1) is 5.92 Å². The number of hydrogen-bond acceptors (Lipinski definition) is 3. The number of nitrogens with one attached hydrogen (secondary N) is 2. The topological polar surface area (TPSA) is 61.4 Å². The highest BCUT2D eigenvalue weighted by Crippen LogP contribution is 2.26. The van der Waals surface area contributed by atoms with Gasteiger partial charge < -0.3 is 15.5 Å². The molecule has 0 saturated carbocycles. The number of piperidine rings is 1. The second-order valence-corrected chi connectivity index (χ2v) is 8.61. The van der Waals surface area contributed by atoms with Gasteiger partial charge in [-0.1, -0.05) is 0 Å². The Bertz CT molecular complexity index is 634. The number of amides is 2. The lowest BCUT2D eigenvalue weighted by atomic mass is 9.88. The van der Waals surface area contributed by atoms with Crippen LogP contribution in [0.4, 0.5) is 0 Å². The predicted octanol–water partition coefficient (Wildman–Crippen LogP) is 2.82. The van der Waals surface area contributed by atoms with Gasteiger partial charge in [0.25, 0.3) is 11.8 Å². The first kappa shape index (κ1) is 18.9. The van der Waals surface area contributed by atoms with Crippen LogP contribution in [-0.4, -0.2) is 47.9 Å². The molecule has 2 heterocycles. The lowest BCUT2D eigenvalue weighted by Crippen LogP contribution is -2.43. The standard InChI is InChI=1S/C21H31N3O2/c1-21(2,3)23-19(25)16-6-8-17(9-7-16)20(26)24-13-10-15(11-14-24)18-5-4-12-22-18/h6-9,15,18,22H,4-5,10-14H2,1-3H3,(H,23,25). The first-order valence-electron chi connectivity index (χ1n) is 9.79. The molecule has 1 atom stereocenters. The Morgan fingerprint density at radius 3 is 2.19 bits per heavy atom. The van der Waals surface area contributed by atoms with Crippen LogP contribution in [0.2, 0.25) is 0 Å². The Morgan fingerprint density at radius 1 is 1.04 bits per heavy atom. The van der Waals surface area contributed by atoms with Crippen molar-refractivity contribution in [2.45, 2.75) is 58.0 Å². The maximum absolute atomic E-state index is 12.7. The fourth-order valence-corrected chi connectivity index (χ4v) is 3.98. The summed E-state index contributed by atoms with van der Waals surface area (Å²) in [6, 6.07) is 7.66. The van der Waals surface area contributed by atoms with Crippen molar-refractivity contribution in [3.63, 3.8) is 0 Å². The third kappa shape index (κ3) is 4.64. The summed E-state index contributed by atoms with van der Waals surface area (Å²) in [5.41, 5.74) is 0.974. The summed E-state index contributed by atoms with van der Waals surface area (Å²) >= 11 is 0. The number of rotatable bonds is 3. The van der Waals surface area contributed by atoms with E-state index in [1.165, 1.54) is 12.8 Å². The van der Waals surface area contributed by atoms with Crippen LogP contribution < -0.4 is 10.6 Å². The van der Waals surface area contributed by atoms with Crippen molar-refractivity contribution in [3.8, 4) is 0 Å². The average Bonchev–Trinajstić information content (AvgIpc) is 3.14. The molecule has 0 aliphatic carbocycles. The number of hydrogen-bond donors (Lipinski definition) is 2. The molecule has 0 radical (unpaired) electrons. The predicted molar refractivity (Wildman–Crippen MR) is 103 cm³/mol. The van der Waals surface area contributed by atoms with E-state index in [9.17, 15) is 9.59 Å². The number of carbonyl (C=O) groups is 2. The summed E-state index contributed by atoms with van der Waals surface area (Å²) in [4.78, 5) is 26.9. The van der Waals surface area contributed by atoms with Crippen molar-refractivity contribution in [1.82, 2.24) is 15.5 Å². The molecule has 3 rings (SSSR count). The Kier molecular flexibility index (Phi) is 5.66. The Balaban J connectivity index is 1.56. The summed E-state index contributed by atoms with van der Waals surface area (Å²) in [6.07, 6.45) is 4.71. The number of nitrogens with zero attached hydrogens (tertiary/aromatic N) is 1. The SMILES string of the molecule is CC(C)(C)NC(=O)c1ccc(C(=O)N2CCC(C3CCCN3)CC2)cc1. The molecule has 2 aliphatic heterocycles. The van der Waals surface area contributed by atoms with E-state index >= 15 is 0 Å². The molecule has 0 bridgehead atoms. The van der Waals surface area contributed by atoms with E-state index in [0.717, 1.165) is 32.5 Å². The van der Waals surface area contributed by atoms with Gasteiger partial charge in [0.15, 0.2) is 0 Å².